The van der Waals surface area contributed by atoms with Gasteiger partial charge in [0.1, 0.15) is 0 Å². The molecule has 3 aromatic carbocycles. The van der Waals surface area contributed by atoms with Crippen molar-refractivity contribution in [3.05, 3.63) is 83.9 Å². The Kier molecular flexibility index (Phi) is 6.60. The van der Waals surface area contributed by atoms with Gasteiger partial charge < -0.3 is 16.0 Å². The Balaban J connectivity index is 1.39. The number of carbonyl (C=O) groups is 3. The summed E-state index contributed by atoms with van der Waals surface area (Å²) in [4.78, 5) is 38.2. The molecule has 0 fully saturated rings. The molecule has 10 heteroatoms. The number of carbonyl (C=O) groups excluding carboxylic acids is 3. The van der Waals surface area contributed by atoms with Gasteiger partial charge >= 0.3 is 6.18 Å². The van der Waals surface area contributed by atoms with Gasteiger partial charge in [-0.25, -0.2) is 0 Å². The van der Waals surface area contributed by atoms with Crippen molar-refractivity contribution in [2.75, 3.05) is 16.0 Å². The minimum atomic E-state index is -4.53. The number of benzene rings is 3. The first-order chi connectivity index (χ1) is 16.2. The van der Waals surface area contributed by atoms with E-state index >= 15 is 0 Å². The van der Waals surface area contributed by atoms with E-state index < -0.39 is 28.8 Å². The predicted molar refractivity (Wildman–Crippen MR) is 124 cm³/mol. The predicted octanol–water partition coefficient (Wildman–Crippen LogP) is 5.40. The highest BCUT2D eigenvalue weighted by Crippen LogP contribution is 2.36. The van der Waals surface area contributed by atoms with Crippen LogP contribution in [0.1, 0.15) is 22.3 Å². The van der Waals surface area contributed by atoms with E-state index in [1.807, 2.05) is 18.2 Å². The molecule has 1 heterocycles. The van der Waals surface area contributed by atoms with E-state index in [4.69, 9.17) is 0 Å². The highest BCUT2D eigenvalue weighted by atomic mass is 32.2. The average molecular weight is 485 g/mol. The van der Waals surface area contributed by atoms with Crippen molar-refractivity contribution < 1.29 is 27.6 Å². The number of nitrogens with one attached hydrogen (secondary N) is 3. The second-order valence-corrected chi connectivity index (χ2v) is 8.70. The zero-order chi connectivity index (χ0) is 24.3. The molecular weight excluding hydrogens is 467 g/mol. The first-order valence-electron chi connectivity index (χ1n) is 10.1. The molecule has 0 unspecified atom stereocenters. The summed E-state index contributed by atoms with van der Waals surface area (Å²) in [5, 5.41) is 7.25. The fourth-order valence-electron chi connectivity index (χ4n) is 3.32. The van der Waals surface area contributed by atoms with Crippen LogP contribution < -0.4 is 16.0 Å². The number of para-hydroxylation sites is 1. The van der Waals surface area contributed by atoms with Crippen molar-refractivity contribution in [1.82, 2.24) is 0 Å². The van der Waals surface area contributed by atoms with Gasteiger partial charge in [-0.3, -0.25) is 14.4 Å². The van der Waals surface area contributed by atoms with Gasteiger partial charge in [0.2, 0.25) is 11.8 Å². The van der Waals surface area contributed by atoms with Crippen molar-refractivity contribution in [1.29, 1.82) is 0 Å². The summed E-state index contributed by atoms with van der Waals surface area (Å²) in [5.74, 6) is -1.32. The number of amides is 3. The summed E-state index contributed by atoms with van der Waals surface area (Å²) in [6, 6.07) is 17.6. The number of thioether (sulfide) groups is 1. The monoisotopic (exact) mass is 485 g/mol. The van der Waals surface area contributed by atoms with Crippen molar-refractivity contribution in [3.63, 3.8) is 0 Å². The van der Waals surface area contributed by atoms with Crippen LogP contribution in [0.3, 0.4) is 0 Å². The summed E-state index contributed by atoms with van der Waals surface area (Å²) in [6.45, 7) is 0. The second-order valence-electron chi connectivity index (χ2n) is 7.46. The molecule has 6 nitrogen and oxygen atoms in total. The molecule has 0 aliphatic carbocycles. The molecule has 0 aromatic heterocycles. The molecule has 3 N–H and O–H groups in total. The maximum atomic E-state index is 12.9. The molecule has 3 aromatic rings. The summed E-state index contributed by atoms with van der Waals surface area (Å²) >= 11 is 1.30. The lowest BCUT2D eigenvalue weighted by Gasteiger charge is -2.23. The smallest absolute Gasteiger partial charge is 0.326 e. The maximum Gasteiger partial charge on any atom is 0.416 e. The van der Waals surface area contributed by atoms with Crippen LogP contribution in [0.4, 0.5) is 30.2 Å². The molecule has 0 spiro atoms. The van der Waals surface area contributed by atoms with E-state index in [0.717, 1.165) is 17.0 Å². The van der Waals surface area contributed by atoms with Crippen LogP contribution in [0, 0.1) is 0 Å². The third kappa shape index (κ3) is 5.57. The normalized spacial score (nSPS) is 15.1. The van der Waals surface area contributed by atoms with Gasteiger partial charge in [0.15, 0.2) is 0 Å². The van der Waals surface area contributed by atoms with Crippen LogP contribution in [-0.4, -0.2) is 23.0 Å². The number of alkyl halides is 3. The van der Waals surface area contributed by atoms with E-state index in [1.54, 1.807) is 12.1 Å². The van der Waals surface area contributed by atoms with Crippen molar-refractivity contribution in [2.45, 2.75) is 22.7 Å². The van der Waals surface area contributed by atoms with Gasteiger partial charge in [-0.05, 0) is 48.5 Å². The highest BCUT2D eigenvalue weighted by molar-refractivity contribution is 8.01. The SMILES string of the molecule is O=C(C[C@H]1Sc2ccccc2NC1=O)Nc1cccc(C(=O)Nc2cccc(C(F)(F)F)c2)c1. The molecule has 174 valence electrons. The van der Waals surface area contributed by atoms with Crippen LogP contribution in [-0.2, 0) is 15.8 Å². The first kappa shape index (κ1) is 23.4. The van der Waals surface area contributed by atoms with E-state index in [0.29, 0.717) is 11.4 Å². The molecule has 3 amide bonds. The highest BCUT2D eigenvalue weighted by Gasteiger charge is 2.31. The number of halogens is 3. The van der Waals surface area contributed by atoms with Crippen LogP contribution in [0.5, 0.6) is 0 Å². The molecule has 1 atom stereocenters. The Bertz CT molecular complexity index is 1260. The van der Waals surface area contributed by atoms with Crippen molar-refractivity contribution >= 4 is 46.5 Å². The lowest BCUT2D eigenvalue weighted by atomic mass is 10.1. The number of anilines is 3. The third-order valence-corrected chi connectivity index (χ3v) is 6.21. The van der Waals surface area contributed by atoms with Crippen molar-refractivity contribution in [3.8, 4) is 0 Å². The second kappa shape index (κ2) is 9.60. The molecule has 1 aliphatic heterocycles. The fourth-order valence-corrected chi connectivity index (χ4v) is 4.43. The number of rotatable bonds is 5. The fraction of sp³-hybridized carbons (Fsp3) is 0.125. The molecule has 0 radical (unpaired) electrons. The van der Waals surface area contributed by atoms with Gasteiger partial charge in [-0.15, -0.1) is 11.8 Å². The van der Waals surface area contributed by atoms with Gasteiger partial charge in [-0.1, -0.05) is 24.3 Å². The van der Waals surface area contributed by atoms with Gasteiger partial charge in [0.25, 0.3) is 5.91 Å². The lowest BCUT2D eigenvalue weighted by Crippen LogP contribution is -2.32. The Hall–Kier alpha value is -3.79. The largest absolute Gasteiger partial charge is 0.416 e. The lowest BCUT2D eigenvalue weighted by molar-refractivity contribution is -0.137. The van der Waals surface area contributed by atoms with E-state index in [1.165, 1.54) is 42.1 Å². The minimum Gasteiger partial charge on any atom is -0.326 e. The molecule has 0 bridgehead atoms. The molecule has 0 saturated heterocycles. The van der Waals surface area contributed by atoms with Gasteiger partial charge in [-0.2, -0.15) is 13.2 Å². The van der Waals surface area contributed by atoms with E-state index in [2.05, 4.69) is 16.0 Å². The zero-order valence-electron chi connectivity index (χ0n) is 17.5. The minimum absolute atomic E-state index is 0.00474. The molecular formula is C24H18F3N3O3S. The molecule has 34 heavy (non-hydrogen) atoms. The van der Waals surface area contributed by atoms with Crippen molar-refractivity contribution in [2.24, 2.45) is 0 Å². The molecule has 0 saturated carbocycles. The molecule has 1 aliphatic rings. The number of hydrogen-bond acceptors (Lipinski definition) is 4. The number of fused-ring (bicyclic) bond motifs is 1. The summed E-state index contributed by atoms with van der Waals surface area (Å²) in [7, 11) is 0. The van der Waals surface area contributed by atoms with E-state index in [9.17, 15) is 27.6 Å². The zero-order valence-corrected chi connectivity index (χ0v) is 18.3. The van der Waals surface area contributed by atoms with Crippen LogP contribution in [0.25, 0.3) is 0 Å². The van der Waals surface area contributed by atoms with Crippen LogP contribution >= 0.6 is 11.8 Å². The Morgan fingerprint density at radius 2 is 1.62 bits per heavy atom. The van der Waals surface area contributed by atoms with Gasteiger partial charge in [0.05, 0.1) is 16.5 Å². The Morgan fingerprint density at radius 1 is 0.912 bits per heavy atom. The van der Waals surface area contributed by atoms with Gasteiger partial charge in [0, 0.05) is 28.3 Å². The Labute approximate surface area is 196 Å². The summed E-state index contributed by atoms with van der Waals surface area (Å²) in [6.07, 6.45) is -4.61. The maximum absolute atomic E-state index is 12.9. The number of hydrogen-bond donors (Lipinski definition) is 3. The Morgan fingerprint density at radius 3 is 2.38 bits per heavy atom. The van der Waals surface area contributed by atoms with Crippen LogP contribution in [0.2, 0.25) is 0 Å². The van der Waals surface area contributed by atoms with Crippen LogP contribution in [0.15, 0.2) is 77.7 Å². The molecule has 4 rings (SSSR count). The summed E-state index contributed by atoms with van der Waals surface area (Å²) in [5.41, 5.74) is 0.291. The first-order valence-corrected chi connectivity index (χ1v) is 11.0. The van der Waals surface area contributed by atoms with E-state index in [-0.39, 0.29) is 23.6 Å². The summed E-state index contributed by atoms with van der Waals surface area (Å²) < 4.78 is 38.7. The standard InChI is InChI=1S/C24H18F3N3O3S/c25-24(26,27)15-6-4-8-17(12-15)29-22(32)14-5-3-7-16(11-14)28-21(31)13-20-23(33)30-18-9-1-2-10-19(18)34-20/h1-12,20H,13H2,(H,28,31)(H,29,32)(H,30,33)/t20-/m1/s1. The third-order valence-electron chi connectivity index (χ3n) is 4.93. The quantitative estimate of drug-likeness (QED) is 0.452. The topological polar surface area (TPSA) is 87.3 Å². The average Bonchev–Trinajstić information content (AvgIpc) is 2.79.